The van der Waals surface area contributed by atoms with Crippen LogP contribution in [0.2, 0.25) is 0 Å². The highest BCUT2D eigenvalue weighted by Gasteiger charge is 2.04. The lowest BCUT2D eigenvalue weighted by Gasteiger charge is -2.05. The van der Waals surface area contributed by atoms with Crippen molar-refractivity contribution in [3.8, 4) is 0 Å². The first-order valence-electron chi connectivity index (χ1n) is 15.3. The summed E-state index contributed by atoms with van der Waals surface area (Å²) in [7, 11) is 9.06. The molecule has 0 saturated carbocycles. The van der Waals surface area contributed by atoms with Crippen LogP contribution in [0.4, 0.5) is 0 Å². The van der Waals surface area contributed by atoms with Crippen molar-refractivity contribution in [2.45, 2.75) is 168 Å². The molecule has 10 heteroatoms. The van der Waals surface area contributed by atoms with Gasteiger partial charge >= 0.3 is 0 Å². The zero-order valence-electron chi connectivity index (χ0n) is 24.2. The van der Waals surface area contributed by atoms with Gasteiger partial charge in [-0.3, -0.25) is 19.0 Å². The maximum Gasteiger partial charge on any atom is 0.230 e. The molecule has 0 radical (unpaired) electrons. The second-order valence-corrected chi connectivity index (χ2v) is 18.9. The zero-order chi connectivity index (χ0) is 27.8. The minimum Gasteiger partial charge on any atom is -0.290 e. The zero-order valence-corrected chi connectivity index (χ0v) is 29.1. The molecule has 0 aliphatic heterocycles. The molecule has 0 atom stereocenters. The first-order chi connectivity index (χ1) is 18.7. The summed E-state index contributed by atoms with van der Waals surface area (Å²) in [4.78, 5) is 23.8. The number of nitrogens with one attached hydrogen (secondary N) is 2. The maximum absolute atomic E-state index is 11.9. The van der Waals surface area contributed by atoms with Crippen LogP contribution in [0.3, 0.4) is 0 Å². The SMILES string of the molecule is CCCCCCCCCCCCCC(=O)NSSSSSSNC(=O)CCCCCCCCCCCCC. The molecule has 0 rings (SSSR count). The lowest BCUT2D eigenvalue weighted by atomic mass is 10.1. The van der Waals surface area contributed by atoms with Crippen molar-refractivity contribution in [3.63, 3.8) is 0 Å². The molecular formula is C28H56N2O2S6. The Labute approximate surface area is 258 Å². The van der Waals surface area contributed by atoms with Crippen LogP contribution in [0.15, 0.2) is 0 Å². The van der Waals surface area contributed by atoms with Crippen LogP contribution >= 0.6 is 61.3 Å². The third-order valence-corrected chi connectivity index (χ3v) is 16.0. The second kappa shape index (κ2) is 34.2. The van der Waals surface area contributed by atoms with E-state index in [0.29, 0.717) is 12.8 Å². The van der Waals surface area contributed by atoms with Gasteiger partial charge in [-0.2, -0.15) is 0 Å². The minimum absolute atomic E-state index is 0.126. The predicted molar refractivity (Wildman–Crippen MR) is 184 cm³/mol. The van der Waals surface area contributed by atoms with Crippen LogP contribution in [0, 0.1) is 0 Å². The van der Waals surface area contributed by atoms with Gasteiger partial charge < -0.3 is 0 Å². The molecule has 2 amide bonds. The Hall–Kier alpha value is 1.04. The van der Waals surface area contributed by atoms with Crippen molar-refractivity contribution in [1.82, 2.24) is 9.44 Å². The highest BCUT2D eigenvalue weighted by Crippen LogP contribution is 2.50. The van der Waals surface area contributed by atoms with Crippen LogP contribution in [-0.2, 0) is 9.59 Å². The van der Waals surface area contributed by atoms with Gasteiger partial charge in [-0.1, -0.05) is 142 Å². The van der Waals surface area contributed by atoms with E-state index in [1.807, 2.05) is 0 Å². The van der Waals surface area contributed by atoms with E-state index in [2.05, 4.69) is 23.3 Å². The van der Waals surface area contributed by atoms with Crippen molar-refractivity contribution >= 4 is 73.1 Å². The van der Waals surface area contributed by atoms with Gasteiger partial charge in [0.1, 0.15) is 0 Å². The van der Waals surface area contributed by atoms with E-state index in [1.165, 1.54) is 138 Å². The summed E-state index contributed by atoms with van der Waals surface area (Å²) in [6.07, 6.45) is 29.9. The lowest BCUT2D eigenvalue weighted by molar-refractivity contribution is -0.120. The number of rotatable bonds is 31. The number of hydrogen-bond acceptors (Lipinski definition) is 8. The quantitative estimate of drug-likeness (QED) is 0.0439. The monoisotopic (exact) mass is 644 g/mol. The number of amides is 2. The first kappa shape index (κ1) is 39.0. The molecule has 0 aromatic rings. The molecule has 0 aliphatic carbocycles. The van der Waals surface area contributed by atoms with Gasteiger partial charge in [0.15, 0.2) is 0 Å². The van der Waals surface area contributed by atoms with E-state index >= 15 is 0 Å². The van der Waals surface area contributed by atoms with Gasteiger partial charge in [0.2, 0.25) is 11.8 Å². The van der Waals surface area contributed by atoms with Crippen molar-refractivity contribution in [3.05, 3.63) is 0 Å². The Bertz CT molecular complexity index is 474. The third kappa shape index (κ3) is 33.2. The van der Waals surface area contributed by atoms with Gasteiger partial charge in [-0.15, -0.1) is 0 Å². The van der Waals surface area contributed by atoms with Crippen molar-refractivity contribution in [1.29, 1.82) is 0 Å². The Kier molecular flexibility index (Phi) is 35.2. The maximum atomic E-state index is 11.9. The Morgan fingerprint density at radius 1 is 0.395 bits per heavy atom. The fraction of sp³-hybridized carbons (Fsp3) is 0.929. The van der Waals surface area contributed by atoms with Crippen LogP contribution in [0.5, 0.6) is 0 Å². The summed E-state index contributed by atoms with van der Waals surface area (Å²) in [5.74, 6) is 0.251. The Morgan fingerprint density at radius 2 is 0.658 bits per heavy atom. The summed E-state index contributed by atoms with van der Waals surface area (Å²) < 4.78 is 5.81. The van der Waals surface area contributed by atoms with Gasteiger partial charge in [0.25, 0.3) is 0 Å². The van der Waals surface area contributed by atoms with E-state index < -0.39 is 0 Å². The van der Waals surface area contributed by atoms with Crippen LogP contribution < -0.4 is 9.44 Å². The van der Waals surface area contributed by atoms with Crippen molar-refractivity contribution in [2.24, 2.45) is 0 Å². The standard InChI is InChI=1S/C28H56N2O2S6/c1-3-5-7-9-11-13-15-17-19-21-23-25-27(31)29-33-35-37-38-36-34-30-28(32)26-24-22-20-18-16-14-12-10-8-6-4-2/h3-26H2,1-2H3,(H,29,31)(H,30,32). The average Bonchev–Trinajstić information content (AvgIpc) is 2.91. The molecule has 38 heavy (non-hydrogen) atoms. The molecule has 0 saturated heterocycles. The Balaban J connectivity index is 3.25. The molecule has 0 fully saturated rings. The molecule has 226 valence electrons. The summed E-state index contributed by atoms with van der Waals surface area (Å²) >= 11 is 0. The molecule has 0 spiro atoms. The van der Waals surface area contributed by atoms with Crippen molar-refractivity contribution in [2.75, 3.05) is 0 Å². The van der Waals surface area contributed by atoms with Crippen LogP contribution in [0.1, 0.15) is 168 Å². The molecular weight excluding hydrogens is 589 g/mol. The fourth-order valence-corrected chi connectivity index (χ4v) is 13.7. The first-order valence-corrected chi connectivity index (χ1v) is 22.8. The van der Waals surface area contributed by atoms with Gasteiger partial charge in [-0.05, 0) is 12.8 Å². The highest BCUT2D eigenvalue weighted by atomic mass is 33.9. The van der Waals surface area contributed by atoms with E-state index in [-0.39, 0.29) is 11.8 Å². The molecule has 4 nitrogen and oxygen atoms in total. The average molecular weight is 645 g/mol. The lowest BCUT2D eigenvalue weighted by Crippen LogP contribution is -2.13. The number of carbonyl (C=O) groups excluding carboxylic acids is 2. The minimum atomic E-state index is 0.126. The fourth-order valence-electron chi connectivity index (χ4n) is 4.18. The van der Waals surface area contributed by atoms with Gasteiger partial charge in [0, 0.05) is 74.1 Å². The van der Waals surface area contributed by atoms with Crippen LogP contribution in [-0.4, -0.2) is 11.8 Å². The predicted octanol–water partition coefficient (Wildman–Crippen LogP) is 12.4. The Morgan fingerprint density at radius 3 is 0.947 bits per heavy atom. The molecule has 0 heterocycles. The molecule has 0 aromatic carbocycles. The number of hydrogen-bond donors (Lipinski definition) is 2. The normalized spacial score (nSPS) is 11.1. The molecule has 0 bridgehead atoms. The summed E-state index contributed by atoms with van der Waals surface area (Å²) in [5, 5.41) is 0. The topological polar surface area (TPSA) is 58.2 Å². The largest absolute Gasteiger partial charge is 0.290 e. The molecule has 0 aliphatic rings. The number of carbonyl (C=O) groups is 2. The summed E-state index contributed by atoms with van der Waals surface area (Å²) in [6.45, 7) is 4.53. The highest BCUT2D eigenvalue weighted by molar-refractivity contribution is 9.41. The van der Waals surface area contributed by atoms with Crippen molar-refractivity contribution < 1.29 is 9.59 Å². The second-order valence-electron chi connectivity index (χ2n) is 10.1. The molecule has 0 aromatic heterocycles. The van der Waals surface area contributed by atoms with Gasteiger partial charge in [-0.25, -0.2) is 0 Å². The molecule has 0 unspecified atom stereocenters. The number of unbranched alkanes of at least 4 members (excludes halogenated alkanes) is 20. The third-order valence-electron chi connectivity index (χ3n) is 6.48. The van der Waals surface area contributed by atoms with E-state index in [9.17, 15) is 9.59 Å². The van der Waals surface area contributed by atoms with Gasteiger partial charge in [0.05, 0.1) is 0 Å². The van der Waals surface area contributed by atoms with E-state index in [4.69, 9.17) is 0 Å². The van der Waals surface area contributed by atoms with E-state index in [0.717, 1.165) is 25.7 Å². The summed E-state index contributed by atoms with van der Waals surface area (Å²) in [6, 6.07) is 0. The van der Waals surface area contributed by atoms with Crippen LogP contribution in [0.25, 0.3) is 0 Å². The molecule has 2 N–H and O–H groups in total. The smallest absolute Gasteiger partial charge is 0.230 e. The summed E-state index contributed by atoms with van der Waals surface area (Å²) in [5.41, 5.74) is 0. The van der Waals surface area contributed by atoms with E-state index in [1.54, 1.807) is 39.3 Å².